The van der Waals surface area contributed by atoms with Gasteiger partial charge < -0.3 is 10.8 Å². The van der Waals surface area contributed by atoms with Gasteiger partial charge in [-0.3, -0.25) is 0 Å². The molecular weight excluding hydrogens is 222 g/mol. The van der Waals surface area contributed by atoms with Gasteiger partial charge in [0.25, 0.3) is 0 Å². The molecule has 2 aromatic rings. The molecule has 0 saturated carbocycles. The first-order chi connectivity index (χ1) is 7.65. The summed E-state index contributed by atoms with van der Waals surface area (Å²) < 4.78 is 0. The summed E-state index contributed by atoms with van der Waals surface area (Å²) in [5, 5.41) is 10.4. The van der Waals surface area contributed by atoms with Crippen LogP contribution in [0.15, 0.2) is 42.5 Å². The molecule has 0 amide bonds. The zero-order valence-electron chi connectivity index (χ0n) is 8.65. The van der Waals surface area contributed by atoms with Gasteiger partial charge in [-0.1, -0.05) is 23.7 Å². The normalized spacial score (nSPS) is 10.3. The number of nitrogens with two attached hydrogens (primary N) is 1. The SMILES string of the molecule is Nc1ccc(O)c(Cc2ccc(Cl)cc2)c1. The Balaban J connectivity index is 2.26. The van der Waals surface area contributed by atoms with Crippen LogP contribution in [0, 0.1) is 0 Å². The summed E-state index contributed by atoms with van der Waals surface area (Å²) in [7, 11) is 0. The number of anilines is 1. The molecule has 0 fully saturated rings. The first-order valence-electron chi connectivity index (χ1n) is 4.97. The molecule has 3 N–H and O–H groups in total. The molecule has 0 bridgehead atoms. The average Bonchev–Trinajstić information content (AvgIpc) is 2.27. The fourth-order valence-electron chi connectivity index (χ4n) is 1.57. The molecule has 0 atom stereocenters. The average molecular weight is 234 g/mol. The molecule has 0 aliphatic heterocycles. The number of benzene rings is 2. The van der Waals surface area contributed by atoms with Crippen molar-refractivity contribution < 1.29 is 5.11 Å². The first kappa shape index (κ1) is 10.8. The highest BCUT2D eigenvalue weighted by Gasteiger charge is 2.03. The van der Waals surface area contributed by atoms with Crippen molar-refractivity contribution in [2.24, 2.45) is 0 Å². The molecule has 0 heterocycles. The van der Waals surface area contributed by atoms with E-state index in [9.17, 15) is 5.11 Å². The Morgan fingerprint density at radius 2 is 1.75 bits per heavy atom. The van der Waals surface area contributed by atoms with Crippen molar-refractivity contribution >= 4 is 17.3 Å². The van der Waals surface area contributed by atoms with Crippen molar-refractivity contribution in [3.05, 3.63) is 58.6 Å². The highest BCUT2D eigenvalue weighted by atomic mass is 35.5. The quantitative estimate of drug-likeness (QED) is 0.618. The van der Waals surface area contributed by atoms with Crippen LogP contribution in [0.3, 0.4) is 0 Å². The summed E-state index contributed by atoms with van der Waals surface area (Å²) in [6.45, 7) is 0. The number of phenols is 1. The highest BCUT2D eigenvalue weighted by Crippen LogP contribution is 2.23. The Hall–Kier alpha value is -1.67. The van der Waals surface area contributed by atoms with Crippen molar-refractivity contribution in [1.82, 2.24) is 0 Å². The van der Waals surface area contributed by atoms with Crippen molar-refractivity contribution in [3.63, 3.8) is 0 Å². The van der Waals surface area contributed by atoms with Gasteiger partial charge in [0.1, 0.15) is 5.75 Å². The lowest BCUT2D eigenvalue weighted by Gasteiger charge is -2.06. The second-order valence-corrected chi connectivity index (χ2v) is 4.13. The van der Waals surface area contributed by atoms with Crippen molar-refractivity contribution in [2.75, 3.05) is 5.73 Å². The van der Waals surface area contributed by atoms with Crippen LogP contribution in [0.5, 0.6) is 5.75 Å². The molecule has 0 aliphatic carbocycles. The van der Waals surface area contributed by atoms with Gasteiger partial charge in [-0.25, -0.2) is 0 Å². The molecule has 2 rings (SSSR count). The second kappa shape index (κ2) is 4.45. The Kier molecular flexibility index (Phi) is 3.02. The van der Waals surface area contributed by atoms with E-state index in [4.69, 9.17) is 17.3 Å². The lowest BCUT2D eigenvalue weighted by molar-refractivity contribution is 0.469. The van der Waals surface area contributed by atoms with E-state index in [-0.39, 0.29) is 5.75 Å². The van der Waals surface area contributed by atoms with Gasteiger partial charge in [0.05, 0.1) is 0 Å². The highest BCUT2D eigenvalue weighted by molar-refractivity contribution is 6.30. The number of aromatic hydroxyl groups is 1. The van der Waals surface area contributed by atoms with Gasteiger partial charge >= 0.3 is 0 Å². The molecule has 0 unspecified atom stereocenters. The third-order valence-electron chi connectivity index (χ3n) is 2.41. The van der Waals surface area contributed by atoms with Crippen LogP contribution in [0.4, 0.5) is 5.69 Å². The molecule has 0 spiro atoms. The molecular formula is C13H12ClNO. The predicted octanol–water partition coefficient (Wildman–Crippen LogP) is 3.22. The van der Waals surface area contributed by atoms with Gasteiger partial charge in [0.2, 0.25) is 0 Å². The molecule has 82 valence electrons. The summed E-state index contributed by atoms with van der Waals surface area (Å²) in [6.07, 6.45) is 0.647. The lowest BCUT2D eigenvalue weighted by Crippen LogP contribution is -1.91. The molecule has 16 heavy (non-hydrogen) atoms. The lowest BCUT2D eigenvalue weighted by atomic mass is 10.0. The summed E-state index contributed by atoms with van der Waals surface area (Å²) in [5.74, 6) is 0.268. The van der Waals surface area contributed by atoms with Crippen LogP contribution in [0.25, 0.3) is 0 Å². The van der Waals surface area contributed by atoms with E-state index in [0.29, 0.717) is 17.1 Å². The van der Waals surface area contributed by atoms with Crippen molar-refractivity contribution in [1.29, 1.82) is 0 Å². The standard InChI is InChI=1S/C13H12ClNO/c14-11-3-1-9(2-4-11)7-10-8-12(15)5-6-13(10)16/h1-6,8,16H,7,15H2. The summed E-state index contributed by atoms with van der Waals surface area (Å²) in [6, 6.07) is 12.6. The maximum Gasteiger partial charge on any atom is 0.119 e. The molecule has 0 aromatic heterocycles. The largest absolute Gasteiger partial charge is 0.508 e. The number of halogens is 1. The van der Waals surface area contributed by atoms with Crippen LogP contribution >= 0.6 is 11.6 Å². The zero-order valence-corrected chi connectivity index (χ0v) is 9.41. The van der Waals surface area contributed by atoms with E-state index in [1.165, 1.54) is 0 Å². The van der Waals surface area contributed by atoms with E-state index in [0.717, 1.165) is 11.1 Å². The number of nitrogen functional groups attached to an aromatic ring is 1. The van der Waals surface area contributed by atoms with E-state index >= 15 is 0 Å². The Labute approximate surface area is 99.3 Å². The molecule has 0 aliphatic rings. The topological polar surface area (TPSA) is 46.2 Å². The first-order valence-corrected chi connectivity index (χ1v) is 5.35. The van der Waals surface area contributed by atoms with Crippen LogP contribution in [-0.2, 0) is 6.42 Å². The monoisotopic (exact) mass is 233 g/mol. The molecule has 0 radical (unpaired) electrons. The van der Waals surface area contributed by atoms with Gasteiger partial charge in [-0.15, -0.1) is 0 Å². The van der Waals surface area contributed by atoms with Crippen LogP contribution in [0.2, 0.25) is 5.02 Å². The second-order valence-electron chi connectivity index (χ2n) is 3.69. The maximum atomic E-state index is 9.67. The van der Waals surface area contributed by atoms with E-state index in [2.05, 4.69) is 0 Å². The summed E-state index contributed by atoms with van der Waals surface area (Å²) >= 11 is 5.80. The third kappa shape index (κ3) is 2.47. The number of hydrogen-bond acceptors (Lipinski definition) is 2. The third-order valence-corrected chi connectivity index (χ3v) is 2.66. The molecule has 2 aromatic carbocycles. The van der Waals surface area contributed by atoms with E-state index in [1.807, 2.05) is 24.3 Å². The summed E-state index contributed by atoms with van der Waals surface area (Å²) in [4.78, 5) is 0. The Bertz CT molecular complexity index is 494. The smallest absolute Gasteiger partial charge is 0.119 e. The van der Waals surface area contributed by atoms with Gasteiger partial charge in [-0.2, -0.15) is 0 Å². The fraction of sp³-hybridized carbons (Fsp3) is 0.0769. The summed E-state index contributed by atoms with van der Waals surface area (Å²) in [5.41, 5.74) is 8.24. The van der Waals surface area contributed by atoms with Gasteiger partial charge in [0, 0.05) is 22.7 Å². The van der Waals surface area contributed by atoms with Crippen LogP contribution in [-0.4, -0.2) is 5.11 Å². The minimum atomic E-state index is 0.268. The Morgan fingerprint density at radius 1 is 1.06 bits per heavy atom. The number of rotatable bonds is 2. The molecule has 0 saturated heterocycles. The zero-order chi connectivity index (χ0) is 11.5. The van der Waals surface area contributed by atoms with Crippen molar-refractivity contribution in [2.45, 2.75) is 6.42 Å². The predicted molar refractivity (Wildman–Crippen MR) is 66.8 cm³/mol. The number of phenolic OH excluding ortho intramolecular Hbond substituents is 1. The fourth-order valence-corrected chi connectivity index (χ4v) is 1.70. The molecule has 3 heteroatoms. The number of hydrogen-bond donors (Lipinski definition) is 2. The van der Waals surface area contributed by atoms with E-state index < -0.39 is 0 Å². The minimum Gasteiger partial charge on any atom is -0.508 e. The van der Waals surface area contributed by atoms with Crippen LogP contribution in [0.1, 0.15) is 11.1 Å². The minimum absolute atomic E-state index is 0.268. The van der Waals surface area contributed by atoms with E-state index in [1.54, 1.807) is 18.2 Å². The Morgan fingerprint density at radius 3 is 2.44 bits per heavy atom. The maximum absolute atomic E-state index is 9.67. The van der Waals surface area contributed by atoms with Crippen molar-refractivity contribution in [3.8, 4) is 5.75 Å². The molecule has 2 nitrogen and oxygen atoms in total. The van der Waals surface area contributed by atoms with Crippen LogP contribution < -0.4 is 5.73 Å². The van der Waals surface area contributed by atoms with Gasteiger partial charge in [-0.05, 0) is 35.9 Å². The van der Waals surface area contributed by atoms with Gasteiger partial charge in [0.15, 0.2) is 0 Å².